The van der Waals surface area contributed by atoms with Gasteiger partial charge in [0.25, 0.3) is 0 Å². The summed E-state index contributed by atoms with van der Waals surface area (Å²) in [6.07, 6.45) is 8.19. The summed E-state index contributed by atoms with van der Waals surface area (Å²) < 4.78 is 5.27. The Morgan fingerprint density at radius 1 is 1.32 bits per heavy atom. The Balaban J connectivity index is 2.28. The summed E-state index contributed by atoms with van der Waals surface area (Å²) in [5, 5.41) is 2.95. The highest BCUT2D eigenvalue weighted by atomic mass is 16.6. The van der Waals surface area contributed by atoms with Crippen molar-refractivity contribution in [3.63, 3.8) is 0 Å². The molecule has 0 aromatic heterocycles. The van der Waals surface area contributed by atoms with Crippen molar-refractivity contribution in [3.05, 3.63) is 12.2 Å². The third-order valence-electron chi connectivity index (χ3n) is 3.18. The summed E-state index contributed by atoms with van der Waals surface area (Å²) in [6.45, 7) is 7.61. The van der Waals surface area contributed by atoms with Crippen molar-refractivity contribution in [2.24, 2.45) is 11.7 Å². The van der Waals surface area contributed by atoms with E-state index in [0.29, 0.717) is 5.92 Å². The summed E-state index contributed by atoms with van der Waals surface area (Å²) >= 11 is 0. The van der Waals surface area contributed by atoms with Crippen LogP contribution in [0.15, 0.2) is 12.2 Å². The zero-order chi connectivity index (χ0) is 14.5. The molecule has 0 bridgehead atoms. The van der Waals surface area contributed by atoms with Crippen LogP contribution in [0.1, 0.15) is 53.4 Å². The van der Waals surface area contributed by atoms with E-state index in [2.05, 4.69) is 17.5 Å². The lowest BCUT2D eigenvalue weighted by Gasteiger charge is -2.29. The molecule has 0 saturated heterocycles. The second kappa shape index (κ2) is 6.94. The molecule has 1 fully saturated rings. The van der Waals surface area contributed by atoms with Gasteiger partial charge in [0.05, 0.1) is 0 Å². The van der Waals surface area contributed by atoms with Gasteiger partial charge in [0, 0.05) is 12.1 Å². The van der Waals surface area contributed by atoms with Crippen LogP contribution in [-0.4, -0.2) is 23.8 Å². The van der Waals surface area contributed by atoms with E-state index in [4.69, 9.17) is 10.5 Å². The fourth-order valence-corrected chi connectivity index (χ4v) is 2.26. The van der Waals surface area contributed by atoms with Crippen LogP contribution in [0.2, 0.25) is 0 Å². The lowest BCUT2D eigenvalue weighted by atomic mass is 9.85. The van der Waals surface area contributed by atoms with E-state index in [1.807, 2.05) is 27.7 Å². The number of amides is 1. The minimum absolute atomic E-state index is 0.123. The van der Waals surface area contributed by atoms with Gasteiger partial charge in [-0.1, -0.05) is 12.2 Å². The van der Waals surface area contributed by atoms with Crippen LogP contribution in [0.4, 0.5) is 4.79 Å². The highest BCUT2D eigenvalue weighted by Crippen LogP contribution is 2.25. The average Bonchev–Trinajstić information content (AvgIpc) is 2.25. The Morgan fingerprint density at radius 2 is 1.89 bits per heavy atom. The monoisotopic (exact) mass is 268 g/mol. The molecule has 4 heteroatoms. The Labute approximate surface area is 116 Å². The van der Waals surface area contributed by atoms with Crippen LogP contribution >= 0.6 is 0 Å². The highest BCUT2D eigenvalue weighted by molar-refractivity contribution is 5.68. The van der Waals surface area contributed by atoms with Crippen molar-refractivity contribution >= 4 is 6.09 Å². The van der Waals surface area contributed by atoms with Gasteiger partial charge in [-0.2, -0.15) is 0 Å². The first kappa shape index (κ1) is 16.0. The third kappa shape index (κ3) is 7.21. The predicted molar refractivity (Wildman–Crippen MR) is 77.9 cm³/mol. The summed E-state index contributed by atoms with van der Waals surface area (Å²) in [5.74, 6) is 0.600. The van der Waals surface area contributed by atoms with E-state index < -0.39 is 5.60 Å². The fraction of sp³-hybridized carbons (Fsp3) is 0.800. The van der Waals surface area contributed by atoms with Gasteiger partial charge in [0.15, 0.2) is 0 Å². The van der Waals surface area contributed by atoms with Crippen LogP contribution in [-0.2, 0) is 4.74 Å². The zero-order valence-corrected chi connectivity index (χ0v) is 12.6. The number of alkyl carbamates (subject to hydrolysis) is 1. The molecule has 1 saturated carbocycles. The molecule has 1 unspecified atom stereocenters. The van der Waals surface area contributed by atoms with E-state index in [9.17, 15) is 4.79 Å². The molecular weight excluding hydrogens is 240 g/mol. The maximum absolute atomic E-state index is 11.7. The summed E-state index contributed by atoms with van der Waals surface area (Å²) in [7, 11) is 0. The van der Waals surface area contributed by atoms with Crippen LogP contribution in [0.25, 0.3) is 0 Å². The quantitative estimate of drug-likeness (QED) is 0.773. The Morgan fingerprint density at radius 3 is 2.37 bits per heavy atom. The fourth-order valence-electron chi connectivity index (χ4n) is 2.26. The Hall–Kier alpha value is -1.03. The number of nitrogens with one attached hydrogen (secondary N) is 1. The van der Waals surface area contributed by atoms with Crippen molar-refractivity contribution in [1.29, 1.82) is 0 Å². The molecular formula is C15H28N2O2. The number of carbonyl (C=O) groups excluding carboxylic acids is 1. The topological polar surface area (TPSA) is 64.3 Å². The van der Waals surface area contributed by atoms with Crippen molar-refractivity contribution in [2.75, 3.05) is 0 Å². The first-order valence-electron chi connectivity index (χ1n) is 7.19. The molecule has 4 nitrogen and oxygen atoms in total. The number of ether oxygens (including phenoxy) is 1. The van der Waals surface area contributed by atoms with E-state index in [1.165, 1.54) is 0 Å². The van der Waals surface area contributed by atoms with Crippen LogP contribution < -0.4 is 11.1 Å². The normalized spacial score (nSPS) is 26.2. The smallest absolute Gasteiger partial charge is 0.407 e. The predicted octanol–water partition coefficient (Wildman–Crippen LogP) is 2.97. The minimum atomic E-state index is -0.429. The first-order chi connectivity index (χ1) is 8.76. The van der Waals surface area contributed by atoms with E-state index >= 15 is 0 Å². The maximum Gasteiger partial charge on any atom is 0.407 e. The van der Waals surface area contributed by atoms with Gasteiger partial charge in [-0.25, -0.2) is 4.79 Å². The molecule has 3 N–H and O–H groups in total. The molecule has 1 rings (SSSR count). The Kier molecular flexibility index (Phi) is 5.85. The average molecular weight is 268 g/mol. The molecule has 1 atom stereocenters. The van der Waals surface area contributed by atoms with Crippen molar-refractivity contribution < 1.29 is 9.53 Å². The van der Waals surface area contributed by atoms with Gasteiger partial charge < -0.3 is 15.8 Å². The SMILES string of the molecule is CC(N)/C=C/C1CCC(NC(=O)OC(C)(C)C)CC1. The van der Waals surface area contributed by atoms with Crippen molar-refractivity contribution in [3.8, 4) is 0 Å². The zero-order valence-electron chi connectivity index (χ0n) is 12.6. The largest absolute Gasteiger partial charge is 0.444 e. The van der Waals surface area contributed by atoms with E-state index in [0.717, 1.165) is 25.7 Å². The standard InChI is InChI=1S/C15H28N2O2/c1-11(16)5-6-12-7-9-13(10-8-12)17-14(18)19-15(2,3)4/h5-6,11-13H,7-10,16H2,1-4H3,(H,17,18)/b6-5+. The van der Waals surface area contributed by atoms with Crippen LogP contribution in [0.3, 0.4) is 0 Å². The van der Waals surface area contributed by atoms with Crippen molar-refractivity contribution in [2.45, 2.75) is 71.1 Å². The molecule has 0 radical (unpaired) electrons. The lowest BCUT2D eigenvalue weighted by molar-refractivity contribution is 0.0490. The van der Waals surface area contributed by atoms with E-state index in [1.54, 1.807) is 0 Å². The molecule has 0 heterocycles. The van der Waals surface area contributed by atoms with Crippen LogP contribution in [0, 0.1) is 5.92 Å². The molecule has 19 heavy (non-hydrogen) atoms. The van der Waals surface area contributed by atoms with Gasteiger partial charge in [0.2, 0.25) is 0 Å². The van der Waals surface area contributed by atoms with Gasteiger partial charge in [-0.3, -0.25) is 0 Å². The number of carbonyl (C=O) groups is 1. The highest BCUT2D eigenvalue weighted by Gasteiger charge is 2.23. The first-order valence-corrected chi connectivity index (χ1v) is 7.19. The molecule has 1 aliphatic carbocycles. The maximum atomic E-state index is 11.7. The molecule has 110 valence electrons. The second-order valence-corrected chi connectivity index (χ2v) is 6.50. The molecule has 0 aromatic rings. The van der Waals surface area contributed by atoms with Crippen molar-refractivity contribution in [1.82, 2.24) is 5.32 Å². The molecule has 0 aliphatic heterocycles. The summed E-state index contributed by atoms with van der Waals surface area (Å²) in [6, 6.07) is 0.368. The third-order valence-corrected chi connectivity index (χ3v) is 3.18. The van der Waals surface area contributed by atoms with Gasteiger partial charge >= 0.3 is 6.09 Å². The van der Waals surface area contributed by atoms with Gasteiger partial charge in [0.1, 0.15) is 5.60 Å². The summed E-state index contributed by atoms with van der Waals surface area (Å²) in [5.41, 5.74) is 5.27. The minimum Gasteiger partial charge on any atom is -0.444 e. The molecule has 0 aromatic carbocycles. The Bertz CT molecular complexity index is 311. The molecule has 1 amide bonds. The summed E-state index contributed by atoms with van der Waals surface area (Å²) in [4.78, 5) is 11.7. The van der Waals surface area contributed by atoms with Gasteiger partial charge in [-0.05, 0) is 59.3 Å². The molecule has 1 aliphatic rings. The second-order valence-electron chi connectivity index (χ2n) is 6.50. The number of nitrogens with two attached hydrogens (primary N) is 1. The number of rotatable bonds is 3. The van der Waals surface area contributed by atoms with E-state index in [-0.39, 0.29) is 18.2 Å². The molecule has 0 spiro atoms. The number of hydrogen-bond donors (Lipinski definition) is 2. The number of allylic oxidation sites excluding steroid dienone is 1. The van der Waals surface area contributed by atoms with Crippen LogP contribution in [0.5, 0.6) is 0 Å². The van der Waals surface area contributed by atoms with Gasteiger partial charge in [-0.15, -0.1) is 0 Å². The lowest BCUT2D eigenvalue weighted by Crippen LogP contribution is -2.40. The number of hydrogen-bond acceptors (Lipinski definition) is 3.